The molecule has 3 rings (SSSR count). The molecule has 1 N–H and O–H groups in total. The molecule has 0 aliphatic rings. The lowest BCUT2D eigenvalue weighted by Gasteiger charge is -2.06. The summed E-state index contributed by atoms with van der Waals surface area (Å²) in [5.41, 5.74) is 2.23. The zero-order chi connectivity index (χ0) is 18.5. The second-order valence-electron chi connectivity index (χ2n) is 5.58. The molecule has 0 aliphatic heterocycles. The van der Waals surface area contributed by atoms with Gasteiger partial charge in [-0.2, -0.15) is 5.10 Å². The van der Waals surface area contributed by atoms with Crippen molar-refractivity contribution >= 4 is 29.1 Å². The summed E-state index contributed by atoms with van der Waals surface area (Å²) in [7, 11) is 0. The van der Waals surface area contributed by atoms with Gasteiger partial charge < -0.3 is 5.32 Å². The van der Waals surface area contributed by atoms with Gasteiger partial charge in [0.05, 0.1) is 5.75 Å². The molecule has 2 aromatic heterocycles. The van der Waals surface area contributed by atoms with Crippen LogP contribution < -0.4 is 5.32 Å². The fourth-order valence-corrected chi connectivity index (χ4v) is 2.85. The van der Waals surface area contributed by atoms with E-state index in [-0.39, 0.29) is 17.4 Å². The van der Waals surface area contributed by atoms with Crippen LogP contribution in [0.2, 0.25) is 0 Å². The Balaban J connectivity index is 1.54. The number of hydrogen-bond donors (Lipinski definition) is 1. The minimum absolute atomic E-state index is 0.00856. The largest absolute Gasteiger partial charge is 0.325 e. The molecular weight excluding hydrogens is 350 g/mol. The van der Waals surface area contributed by atoms with Crippen molar-refractivity contribution in [3.8, 4) is 5.82 Å². The van der Waals surface area contributed by atoms with Gasteiger partial charge >= 0.3 is 0 Å². The molecule has 26 heavy (non-hydrogen) atoms. The maximum Gasteiger partial charge on any atom is 0.234 e. The number of benzene rings is 1. The van der Waals surface area contributed by atoms with Gasteiger partial charge in [-0.15, -0.1) is 10.2 Å². The summed E-state index contributed by atoms with van der Waals surface area (Å²) in [6.07, 6.45) is 1.70. The van der Waals surface area contributed by atoms with Crippen LogP contribution in [-0.4, -0.2) is 37.4 Å². The zero-order valence-corrected chi connectivity index (χ0v) is 15.2. The van der Waals surface area contributed by atoms with E-state index in [0.717, 1.165) is 5.69 Å². The summed E-state index contributed by atoms with van der Waals surface area (Å²) >= 11 is 1.30. The third kappa shape index (κ3) is 4.34. The van der Waals surface area contributed by atoms with Crippen molar-refractivity contribution in [1.29, 1.82) is 0 Å². The number of aromatic nitrogens is 4. The summed E-state index contributed by atoms with van der Waals surface area (Å²) in [6.45, 7) is 3.44. The van der Waals surface area contributed by atoms with Crippen molar-refractivity contribution in [2.75, 3.05) is 11.1 Å². The van der Waals surface area contributed by atoms with Crippen LogP contribution >= 0.6 is 11.8 Å². The van der Waals surface area contributed by atoms with Crippen molar-refractivity contribution < 1.29 is 9.59 Å². The van der Waals surface area contributed by atoms with E-state index in [9.17, 15) is 9.59 Å². The first-order valence-electron chi connectivity index (χ1n) is 7.91. The molecule has 0 bridgehead atoms. The van der Waals surface area contributed by atoms with E-state index in [0.29, 0.717) is 22.1 Å². The normalized spacial score (nSPS) is 10.5. The lowest BCUT2D eigenvalue weighted by atomic mass is 10.1. The Morgan fingerprint density at radius 1 is 1.08 bits per heavy atom. The first-order chi connectivity index (χ1) is 12.5. The number of amides is 1. The van der Waals surface area contributed by atoms with Gasteiger partial charge in [-0.3, -0.25) is 9.59 Å². The lowest BCUT2D eigenvalue weighted by Crippen LogP contribution is -2.14. The number of rotatable bonds is 6. The summed E-state index contributed by atoms with van der Waals surface area (Å²) in [4.78, 5) is 23.3. The highest BCUT2D eigenvalue weighted by molar-refractivity contribution is 7.99. The second kappa shape index (κ2) is 7.92. The zero-order valence-electron chi connectivity index (χ0n) is 14.3. The number of Topliss-reactive ketones (excluding diaryl/α,β-unsaturated/α-hetero) is 1. The van der Waals surface area contributed by atoms with Gasteiger partial charge in [0, 0.05) is 23.1 Å². The van der Waals surface area contributed by atoms with Gasteiger partial charge in [-0.1, -0.05) is 11.8 Å². The first-order valence-corrected chi connectivity index (χ1v) is 8.90. The molecule has 0 saturated carbocycles. The third-order valence-corrected chi connectivity index (χ3v) is 4.52. The molecule has 0 fully saturated rings. The average molecular weight is 367 g/mol. The minimum atomic E-state index is -0.153. The molecule has 2 heterocycles. The molecule has 0 unspecified atom stereocenters. The highest BCUT2D eigenvalue weighted by Gasteiger charge is 2.08. The highest BCUT2D eigenvalue weighted by Crippen LogP contribution is 2.17. The average Bonchev–Trinajstić information content (AvgIpc) is 3.07. The molecule has 0 radical (unpaired) electrons. The van der Waals surface area contributed by atoms with E-state index in [2.05, 4.69) is 20.6 Å². The van der Waals surface area contributed by atoms with Crippen molar-refractivity contribution in [2.24, 2.45) is 0 Å². The Bertz CT molecular complexity index is 920. The maximum absolute atomic E-state index is 12.0. The molecule has 0 spiro atoms. The summed E-state index contributed by atoms with van der Waals surface area (Å²) in [5, 5.41) is 15.9. The van der Waals surface area contributed by atoms with Gasteiger partial charge in [0.25, 0.3) is 0 Å². The number of nitrogens with one attached hydrogen (secondary N) is 1. The summed E-state index contributed by atoms with van der Waals surface area (Å²) in [6, 6.07) is 12.3. The quantitative estimate of drug-likeness (QED) is 0.532. The smallest absolute Gasteiger partial charge is 0.234 e. The molecular formula is C18H17N5O2S. The topological polar surface area (TPSA) is 89.8 Å². The summed E-state index contributed by atoms with van der Waals surface area (Å²) < 4.78 is 1.69. The second-order valence-corrected chi connectivity index (χ2v) is 6.58. The van der Waals surface area contributed by atoms with E-state index >= 15 is 0 Å². The molecule has 7 nitrogen and oxygen atoms in total. The molecule has 0 aliphatic carbocycles. The number of nitrogens with zero attached hydrogens (tertiary/aromatic N) is 4. The van der Waals surface area contributed by atoms with E-state index in [1.807, 2.05) is 25.1 Å². The molecule has 0 atom stereocenters. The fourth-order valence-electron chi connectivity index (χ4n) is 2.24. The Kier molecular flexibility index (Phi) is 5.43. The van der Waals surface area contributed by atoms with Crippen LogP contribution in [0.4, 0.5) is 5.69 Å². The molecule has 8 heteroatoms. The van der Waals surface area contributed by atoms with E-state index in [1.165, 1.54) is 18.7 Å². The molecule has 1 amide bonds. The highest BCUT2D eigenvalue weighted by atomic mass is 32.2. The molecule has 132 valence electrons. The summed E-state index contributed by atoms with van der Waals surface area (Å²) in [5.74, 6) is 0.681. The lowest BCUT2D eigenvalue weighted by molar-refractivity contribution is -0.113. The van der Waals surface area contributed by atoms with Crippen LogP contribution in [0, 0.1) is 6.92 Å². The number of carbonyl (C=O) groups excluding carboxylic acids is 2. The van der Waals surface area contributed by atoms with Crippen LogP contribution in [0.15, 0.2) is 53.7 Å². The van der Waals surface area contributed by atoms with E-state index in [1.54, 1.807) is 35.1 Å². The van der Waals surface area contributed by atoms with Crippen molar-refractivity contribution in [2.45, 2.75) is 18.9 Å². The Labute approximate surface area is 154 Å². The number of thioether (sulfide) groups is 1. The predicted octanol–water partition coefficient (Wildman–Crippen LogP) is 2.90. The SMILES string of the molecule is CC(=O)c1ccc(NC(=O)CSc2ccc(-n3nccc3C)nn2)cc1. The Morgan fingerprint density at radius 2 is 1.85 bits per heavy atom. The van der Waals surface area contributed by atoms with Crippen molar-refractivity contribution in [1.82, 2.24) is 20.0 Å². The number of aryl methyl sites for hydroxylation is 1. The Hall–Kier alpha value is -3.00. The van der Waals surface area contributed by atoms with Crippen LogP contribution in [0.1, 0.15) is 23.0 Å². The predicted molar refractivity (Wildman–Crippen MR) is 99.7 cm³/mol. The van der Waals surface area contributed by atoms with Gasteiger partial charge in [-0.25, -0.2) is 4.68 Å². The van der Waals surface area contributed by atoms with Gasteiger partial charge in [0.2, 0.25) is 5.91 Å². The minimum Gasteiger partial charge on any atom is -0.325 e. The van der Waals surface area contributed by atoms with Gasteiger partial charge in [0.1, 0.15) is 5.03 Å². The van der Waals surface area contributed by atoms with Crippen molar-refractivity contribution in [3.63, 3.8) is 0 Å². The fraction of sp³-hybridized carbons (Fsp3) is 0.167. The van der Waals surface area contributed by atoms with Crippen LogP contribution in [0.5, 0.6) is 0 Å². The van der Waals surface area contributed by atoms with Gasteiger partial charge in [-0.05, 0) is 56.3 Å². The first kappa shape index (κ1) is 17.8. The number of carbonyl (C=O) groups is 2. The van der Waals surface area contributed by atoms with Crippen LogP contribution in [0.3, 0.4) is 0 Å². The van der Waals surface area contributed by atoms with E-state index < -0.39 is 0 Å². The Morgan fingerprint density at radius 3 is 2.42 bits per heavy atom. The number of anilines is 1. The van der Waals surface area contributed by atoms with Crippen molar-refractivity contribution in [3.05, 3.63) is 59.9 Å². The van der Waals surface area contributed by atoms with Gasteiger partial charge in [0.15, 0.2) is 11.6 Å². The maximum atomic E-state index is 12.0. The molecule has 1 aromatic carbocycles. The van der Waals surface area contributed by atoms with Crippen LogP contribution in [0.25, 0.3) is 5.82 Å². The standard InChI is InChI=1S/C18H17N5O2S/c1-12-9-10-19-23(12)16-7-8-18(22-21-16)26-11-17(25)20-15-5-3-14(4-6-15)13(2)24/h3-10H,11H2,1-2H3,(H,20,25). The number of ketones is 1. The van der Waals surface area contributed by atoms with Crippen LogP contribution in [-0.2, 0) is 4.79 Å². The van der Waals surface area contributed by atoms with E-state index in [4.69, 9.17) is 0 Å². The molecule has 3 aromatic rings. The third-order valence-electron chi connectivity index (χ3n) is 3.60. The number of hydrogen-bond acceptors (Lipinski definition) is 6. The monoisotopic (exact) mass is 367 g/mol. The molecule has 0 saturated heterocycles.